The van der Waals surface area contributed by atoms with Crippen LogP contribution in [0.3, 0.4) is 0 Å². The smallest absolute Gasteiger partial charge is 0.270 e. The number of nitrogens with zero attached hydrogens (tertiary/aromatic N) is 1. The Kier molecular flexibility index (Phi) is 3.93. The summed E-state index contributed by atoms with van der Waals surface area (Å²) >= 11 is 0. The maximum atomic E-state index is 11.8. The first-order valence-electron chi connectivity index (χ1n) is 5.84. The molecule has 1 aliphatic heterocycles. The Morgan fingerprint density at radius 2 is 2.47 bits per heavy atom. The van der Waals surface area contributed by atoms with Gasteiger partial charge >= 0.3 is 0 Å². The summed E-state index contributed by atoms with van der Waals surface area (Å²) in [6, 6.07) is 5.32. The topological polar surface area (TPSA) is 63.2 Å². The first kappa shape index (κ1) is 11.9. The summed E-state index contributed by atoms with van der Waals surface area (Å²) in [4.78, 5) is 16.0. The fraction of sp³-hybridized carbons (Fsp3) is 0.500. The van der Waals surface area contributed by atoms with Crippen LogP contribution in [0.5, 0.6) is 0 Å². The molecule has 5 nitrogen and oxygen atoms in total. The summed E-state index contributed by atoms with van der Waals surface area (Å²) in [7, 11) is 1.77. The fourth-order valence-corrected chi connectivity index (χ4v) is 1.80. The van der Waals surface area contributed by atoms with E-state index in [1.807, 2.05) is 6.07 Å². The lowest BCUT2D eigenvalue weighted by Gasteiger charge is -2.10. The number of rotatable bonds is 4. The molecule has 0 aliphatic carbocycles. The van der Waals surface area contributed by atoms with Gasteiger partial charge in [-0.3, -0.25) is 4.79 Å². The van der Waals surface area contributed by atoms with Gasteiger partial charge in [0, 0.05) is 20.2 Å². The summed E-state index contributed by atoms with van der Waals surface area (Å²) in [5.74, 6) is 0.535. The van der Waals surface area contributed by atoms with Gasteiger partial charge in [-0.1, -0.05) is 6.07 Å². The van der Waals surface area contributed by atoms with Crippen molar-refractivity contribution in [3.05, 3.63) is 23.9 Å². The van der Waals surface area contributed by atoms with E-state index in [0.717, 1.165) is 19.4 Å². The minimum atomic E-state index is -0.155. The maximum Gasteiger partial charge on any atom is 0.270 e. The van der Waals surface area contributed by atoms with Crippen molar-refractivity contribution < 1.29 is 9.53 Å². The second-order valence-corrected chi connectivity index (χ2v) is 4.00. The molecule has 0 spiro atoms. The number of carbonyl (C=O) groups is 1. The Morgan fingerprint density at radius 1 is 1.59 bits per heavy atom. The Balaban J connectivity index is 1.89. The van der Waals surface area contributed by atoms with Crippen LogP contribution in [0.1, 0.15) is 23.3 Å². The molecule has 0 radical (unpaired) electrons. The SMILES string of the molecule is CNc1cccc(C(=O)NCC2CCCO2)n1. The van der Waals surface area contributed by atoms with Crippen LogP contribution >= 0.6 is 0 Å². The highest BCUT2D eigenvalue weighted by Crippen LogP contribution is 2.11. The van der Waals surface area contributed by atoms with E-state index < -0.39 is 0 Å². The standard InChI is InChI=1S/C12H17N3O2/c1-13-11-6-2-5-10(15-11)12(16)14-8-9-4-3-7-17-9/h2,5-6,9H,3-4,7-8H2,1H3,(H,13,15)(H,14,16). The van der Waals surface area contributed by atoms with Gasteiger partial charge in [-0.2, -0.15) is 0 Å². The van der Waals surface area contributed by atoms with E-state index in [9.17, 15) is 4.79 Å². The zero-order chi connectivity index (χ0) is 12.1. The Morgan fingerprint density at radius 3 is 3.18 bits per heavy atom. The van der Waals surface area contributed by atoms with Crippen LogP contribution in [0.25, 0.3) is 0 Å². The van der Waals surface area contributed by atoms with E-state index in [4.69, 9.17) is 4.74 Å². The molecule has 1 unspecified atom stereocenters. The molecule has 92 valence electrons. The van der Waals surface area contributed by atoms with Gasteiger partial charge < -0.3 is 15.4 Å². The van der Waals surface area contributed by atoms with E-state index in [1.54, 1.807) is 19.2 Å². The van der Waals surface area contributed by atoms with Crippen molar-refractivity contribution >= 4 is 11.7 Å². The van der Waals surface area contributed by atoms with Crippen molar-refractivity contribution in [2.75, 3.05) is 25.5 Å². The van der Waals surface area contributed by atoms with Gasteiger partial charge in [0.05, 0.1) is 6.10 Å². The lowest BCUT2D eigenvalue weighted by atomic mass is 10.2. The van der Waals surface area contributed by atoms with E-state index in [1.165, 1.54) is 0 Å². The molecule has 5 heteroatoms. The highest BCUT2D eigenvalue weighted by molar-refractivity contribution is 5.92. The van der Waals surface area contributed by atoms with Crippen LogP contribution in [0, 0.1) is 0 Å². The van der Waals surface area contributed by atoms with Gasteiger partial charge in [0.25, 0.3) is 5.91 Å². The molecule has 1 amide bonds. The molecule has 1 atom stereocenters. The van der Waals surface area contributed by atoms with Crippen molar-refractivity contribution in [3.63, 3.8) is 0 Å². The third kappa shape index (κ3) is 3.17. The molecule has 17 heavy (non-hydrogen) atoms. The molecular formula is C12H17N3O2. The number of hydrogen-bond acceptors (Lipinski definition) is 4. The number of aromatic nitrogens is 1. The van der Waals surface area contributed by atoms with Crippen LogP contribution in [0.15, 0.2) is 18.2 Å². The van der Waals surface area contributed by atoms with Crippen molar-refractivity contribution in [1.82, 2.24) is 10.3 Å². The molecule has 0 saturated carbocycles. The van der Waals surface area contributed by atoms with Crippen LogP contribution in [-0.4, -0.2) is 37.2 Å². The number of nitrogens with one attached hydrogen (secondary N) is 2. The highest BCUT2D eigenvalue weighted by atomic mass is 16.5. The average Bonchev–Trinajstić information content (AvgIpc) is 2.89. The first-order chi connectivity index (χ1) is 8.29. The Labute approximate surface area is 101 Å². The van der Waals surface area contributed by atoms with E-state index >= 15 is 0 Å². The fourth-order valence-electron chi connectivity index (χ4n) is 1.80. The summed E-state index contributed by atoms with van der Waals surface area (Å²) in [6.45, 7) is 1.36. The molecule has 1 aromatic rings. The lowest BCUT2D eigenvalue weighted by molar-refractivity contribution is 0.0854. The van der Waals surface area contributed by atoms with Gasteiger partial charge in [0.2, 0.25) is 0 Å². The van der Waals surface area contributed by atoms with E-state index in [-0.39, 0.29) is 12.0 Å². The van der Waals surface area contributed by atoms with Gasteiger partial charge in [-0.15, -0.1) is 0 Å². The molecular weight excluding hydrogens is 218 g/mol. The Bertz CT molecular complexity index is 389. The number of amides is 1. The van der Waals surface area contributed by atoms with Crippen LogP contribution in [-0.2, 0) is 4.74 Å². The molecule has 2 heterocycles. The number of hydrogen-bond donors (Lipinski definition) is 2. The quantitative estimate of drug-likeness (QED) is 0.818. The minimum Gasteiger partial charge on any atom is -0.376 e. The normalized spacial score (nSPS) is 19.0. The van der Waals surface area contributed by atoms with Crippen molar-refractivity contribution in [3.8, 4) is 0 Å². The molecule has 0 bridgehead atoms. The zero-order valence-electron chi connectivity index (χ0n) is 9.90. The van der Waals surface area contributed by atoms with E-state index in [0.29, 0.717) is 18.1 Å². The van der Waals surface area contributed by atoms with Gasteiger partial charge in [-0.05, 0) is 25.0 Å². The number of ether oxygens (including phenoxy) is 1. The molecule has 2 N–H and O–H groups in total. The van der Waals surface area contributed by atoms with Crippen molar-refractivity contribution in [2.24, 2.45) is 0 Å². The predicted octanol–water partition coefficient (Wildman–Crippen LogP) is 1.03. The largest absolute Gasteiger partial charge is 0.376 e. The predicted molar refractivity (Wildman–Crippen MR) is 65.1 cm³/mol. The zero-order valence-corrected chi connectivity index (χ0v) is 9.90. The summed E-state index contributed by atoms with van der Waals surface area (Å²) in [5.41, 5.74) is 0.426. The summed E-state index contributed by atoms with van der Waals surface area (Å²) in [6.07, 6.45) is 2.25. The van der Waals surface area contributed by atoms with E-state index in [2.05, 4.69) is 15.6 Å². The minimum absolute atomic E-state index is 0.155. The van der Waals surface area contributed by atoms with Gasteiger partial charge in [0.1, 0.15) is 11.5 Å². The molecule has 1 fully saturated rings. The monoisotopic (exact) mass is 235 g/mol. The maximum absolute atomic E-state index is 11.8. The second-order valence-electron chi connectivity index (χ2n) is 4.00. The summed E-state index contributed by atoms with van der Waals surface area (Å²) < 4.78 is 5.44. The molecule has 1 aliphatic rings. The van der Waals surface area contributed by atoms with Crippen LogP contribution < -0.4 is 10.6 Å². The number of carbonyl (C=O) groups excluding carboxylic acids is 1. The van der Waals surface area contributed by atoms with Crippen LogP contribution in [0.4, 0.5) is 5.82 Å². The first-order valence-corrected chi connectivity index (χ1v) is 5.84. The summed E-state index contributed by atoms with van der Waals surface area (Å²) in [5, 5.41) is 5.74. The van der Waals surface area contributed by atoms with Gasteiger partial charge in [0.15, 0.2) is 0 Å². The number of pyridine rings is 1. The molecule has 2 rings (SSSR count). The Hall–Kier alpha value is -1.62. The average molecular weight is 235 g/mol. The molecule has 0 aromatic carbocycles. The molecule has 1 saturated heterocycles. The number of anilines is 1. The lowest BCUT2D eigenvalue weighted by Crippen LogP contribution is -2.32. The third-order valence-electron chi connectivity index (χ3n) is 2.75. The van der Waals surface area contributed by atoms with Crippen molar-refractivity contribution in [2.45, 2.75) is 18.9 Å². The second kappa shape index (κ2) is 5.63. The van der Waals surface area contributed by atoms with Crippen molar-refractivity contribution in [1.29, 1.82) is 0 Å². The molecule has 1 aromatic heterocycles. The third-order valence-corrected chi connectivity index (χ3v) is 2.75. The highest BCUT2D eigenvalue weighted by Gasteiger charge is 2.17. The van der Waals surface area contributed by atoms with Gasteiger partial charge in [-0.25, -0.2) is 4.98 Å². The van der Waals surface area contributed by atoms with Crippen LogP contribution in [0.2, 0.25) is 0 Å².